The maximum atomic E-state index is 12.6. The van der Waals surface area contributed by atoms with Crippen molar-refractivity contribution in [1.29, 1.82) is 0 Å². The molecule has 6 nitrogen and oxygen atoms in total. The molecule has 0 radical (unpaired) electrons. The van der Waals surface area contributed by atoms with Gasteiger partial charge in [0.1, 0.15) is 28.6 Å². The van der Waals surface area contributed by atoms with Gasteiger partial charge in [-0.05, 0) is 36.4 Å². The molecular formula is C21H12Cl3F3O6. The second-order valence-electron chi connectivity index (χ2n) is 5.71. The highest BCUT2D eigenvalue weighted by Crippen LogP contribution is 2.23. The molecule has 0 saturated carbocycles. The van der Waals surface area contributed by atoms with E-state index in [-0.39, 0.29) is 20.6 Å². The van der Waals surface area contributed by atoms with Gasteiger partial charge in [0.2, 0.25) is 0 Å². The average Bonchev–Trinajstić information content (AvgIpc) is 2.68. The molecule has 0 aliphatic carbocycles. The molecule has 0 atom stereocenters. The van der Waals surface area contributed by atoms with Crippen molar-refractivity contribution in [2.75, 3.05) is 0 Å². The van der Waals surface area contributed by atoms with Gasteiger partial charge in [-0.2, -0.15) is 0 Å². The van der Waals surface area contributed by atoms with E-state index in [4.69, 9.17) is 50.1 Å². The summed E-state index contributed by atoms with van der Waals surface area (Å²) in [5.74, 6) is -6.99. The summed E-state index contributed by atoms with van der Waals surface area (Å²) < 4.78 is 37.6. The predicted octanol–water partition coefficient (Wildman–Crippen LogP) is 6.53. The monoisotopic (exact) mass is 522 g/mol. The van der Waals surface area contributed by atoms with Crippen molar-refractivity contribution < 1.29 is 42.9 Å². The Kier molecular flexibility index (Phi) is 10.7. The molecule has 0 fully saturated rings. The molecule has 0 bridgehead atoms. The van der Waals surface area contributed by atoms with Gasteiger partial charge < -0.3 is 15.3 Å². The minimum absolute atomic E-state index is 0.0455. The van der Waals surface area contributed by atoms with E-state index in [0.717, 1.165) is 24.3 Å². The van der Waals surface area contributed by atoms with Crippen molar-refractivity contribution in [2.24, 2.45) is 0 Å². The normalized spacial score (nSPS) is 9.64. The zero-order valence-corrected chi connectivity index (χ0v) is 18.3. The van der Waals surface area contributed by atoms with E-state index in [0.29, 0.717) is 0 Å². The first-order valence-corrected chi connectivity index (χ1v) is 9.53. The van der Waals surface area contributed by atoms with E-state index in [1.54, 1.807) is 6.07 Å². The van der Waals surface area contributed by atoms with Gasteiger partial charge in [-0.15, -0.1) is 0 Å². The largest absolute Gasteiger partial charge is 0.478 e. The van der Waals surface area contributed by atoms with Gasteiger partial charge in [-0.25, -0.2) is 27.6 Å². The van der Waals surface area contributed by atoms with E-state index in [2.05, 4.69) is 0 Å². The molecule has 0 aromatic heterocycles. The van der Waals surface area contributed by atoms with E-state index < -0.39 is 46.5 Å². The summed E-state index contributed by atoms with van der Waals surface area (Å²) in [5, 5.41) is 25.5. The SMILES string of the molecule is O=C(O)c1c(Cl)cccc1Cl.O=C(O)c1c(F)cccc1Cl.O=C(O)c1c(F)cccc1F. The first-order valence-electron chi connectivity index (χ1n) is 8.40. The standard InChI is InChI=1S/C7H4Cl2O2.C7H4ClFO2.C7H4F2O2/c3*8-4-2-1-3-5(9)6(4)7(10)11/h3*1-3H,(H,10,11). The molecule has 0 heterocycles. The average molecular weight is 524 g/mol. The maximum absolute atomic E-state index is 12.6. The summed E-state index contributed by atoms with van der Waals surface area (Å²) in [6, 6.07) is 11.2. The second-order valence-corrected chi connectivity index (χ2v) is 6.93. The Balaban J connectivity index is 0.000000247. The molecule has 3 aromatic carbocycles. The van der Waals surface area contributed by atoms with Crippen LogP contribution in [0.5, 0.6) is 0 Å². The highest BCUT2D eigenvalue weighted by atomic mass is 35.5. The molecule has 3 aromatic rings. The van der Waals surface area contributed by atoms with Gasteiger partial charge in [-0.1, -0.05) is 53.0 Å². The lowest BCUT2D eigenvalue weighted by Gasteiger charge is -1.98. The van der Waals surface area contributed by atoms with Crippen LogP contribution in [0.25, 0.3) is 0 Å². The third-order valence-corrected chi connectivity index (χ3v) is 4.47. The third kappa shape index (κ3) is 7.98. The highest BCUT2D eigenvalue weighted by Gasteiger charge is 2.15. The number of aromatic carboxylic acids is 3. The first kappa shape index (κ1) is 27.8. The van der Waals surface area contributed by atoms with Crippen molar-refractivity contribution >= 4 is 52.7 Å². The molecular weight excluding hydrogens is 512 g/mol. The number of halogens is 6. The van der Waals surface area contributed by atoms with Crippen molar-refractivity contribution in [3.05, 3.63) is 104 Å². The maximum Gasteiger partial charge on any atom is 0.341 e. The summed E-state index contributed by atoms with van der Waals surface area (Å²) in [5.41, 5.74) is -1.43. The van der Waals surface area contributed by atoms with E-state index in [1.807, 2.05) is 0 Å². The Morgan fingerprint density at radius 2 is 0.788 bits per heavy atom. The van der Waals surface area contributed by atoms with Gasteiger partial charge in [-0.3, -0.25) is 0 Å². The lowest BCUT2D eigenvalue weighted by molar-refractivity contribution is 0.0677. The molecule has 0 aliphatic heterocycles. The number of carboxylic acids is 3. The van der Waals surface area contributed by atoms with Crippen LogP contribution in [0.15, 0.2) is 54.6 Å². The lowest BCUT2D eigenvalue weighted by Crippen LogP contribution is -2.03. The van der Waals surface area contributed by atoms with Crippen LogP contribution in [0.2, 0.25) is 15.1 Å². The molecule has 12 heteroatoms. The summed E-state index contributed by atoms with van der Waals surface area (Å²) in [6.45, 7) is 0. The number of carbonyl (C=O) groups is 3. The highest BCUT2D eigenvalue weighted by molar-refractivity contribution is 6.39. The van der Waals surface area contributed by atoms with Crippen LogP contribution < -0.4 is 0 Å². The van der Waals surface area contributed by atoms with Crippen molar-refractivity contribution in [3.63, 3.8) is 0 Å². The number of carboxylic acid groups (broad SMARTS) is 3. The molecule has 0 aliphatic rings. The first-order chi connectivity index (χ1) is 15.4. The van der Waals surface area contributed by atoms with Gasteiger partial charge in [0.25, 0.3) is 0 Å². The smallest absolute Gasteiger partial charge is 0.341 e. The van der Waals surface area contributed by atoms with Crippen LogP contribution in [-0.4, -0.2) is 33.2 Å². The van der Waals surface area contributed by atoms with Crippen LogP contribution >= 0.6 is 34.8 Å². The third-order valence-electron chi connectivity index (χ3n) is 3.53. The van der Waals surface area contributed by atoms with E-state index in [9.17, 15) is 27.6 Å². The zero-order valence-electron chi connectivity index (χ0n) is 16.0. The van der Waals surface area contributed by atoms with Gasteiger partial charge >= 0.3 is 17.9 Å². The molecule has 0 saturated heterocycles. The van der Waals surface area contributed by atoms with Crippen LogP contribution in [-0.2, 0) is 0 Å². The zero-order chi connectivity index (χ0) is 25.3. The topological polar surface area (TPSA) is 112 Å². The van der Waals surface area contributed by atoms with Gasteiger partial charge in [0.15, 0.2) is 0 Å². The number of hydrogen-bond acceptors (Lipinski definition) is 3. The fourth-order valence-corrected chi connectivity index (χ4v) is 2.91. The number of rotatable bonds is 3. The number of benzene rings is 3. The van der Waals surface area contributed by atoms with Crippen LogP contribution in [0.3, 0.4) is 0 Å². The summed E-state index contributed by atoms with van der Waals surface area (Å²) in [6.07, 6.45) is 0. The molecule has 0 unspecified atom stereocenters. The van der Waals surface area contributed by atoms with Crippen molar-refractivity contribution in [1.82, 2.24) is 0 Å². The Morgan fingerprint density at radius 1 is 0.515 bits per heavy atom. The molecule has 33 heavy (non-hydrogen) atoms. The van der Waals surface area contributed by atoms with Crippen molar-refractivity contribution in [2.45, 2.75) is 0 Å². The Bertz CT molecular complexity index is 981. The minimum Gasteiger partial charge on any atom is -0.478 e. The molecule has 0 spiro atoms. The minimum atomic E-state index is -1.60. The second kappa shape index (κ2) is 12.7. The molecule has 174 valence electrons. The van der Waals surface area contributed by atoms with Crippen LogP contribution in [0, 0.1) is 17.5 Å². The quantitative estimate of drug-likeness (QED) is 0.360. The van der Waals surface area contributed by atoms with E-state index >= 15 is 0 Å². The Labute approximate surface area is 199 Å². The summed E-state index contributed by atoms with van der Waals surface area (Å²) in [4.78, 5) is 31.0. The van der Waals surface area contributed by atoms with Gasteiger partial charge in [0, 0.05) is 0 Å². The van der Waals surface area contributed by atoms with Crippen LogP contribution in [0.4, 0.5) is 13.2 Å². The predicted molar refractivity (Wildman–Crippen MR) is 115 cm³/mol. The molecule has 3 rings (SSSR count). The summed E-state index contributed by atoms with van der Waals surface area (Å²) in [7, 11) is 0. The lowest BCUT2D eigenvalue weighted by atomic mass is 10.2. The van der Waals surface area contributed by atoms with Crippen LogP contribution in [0.1, 0.15) is 31.1 Å². The Hall–Kier alpha value is -3.27. The fourth-order valence-electron chi connectivity index (χ4n) is 2.11. The fraction of sp³-hybridized carbons (Fsp3) is 0. The van der Waals surface area contributed by atoms with Crippen molar-refractivity contribution in [3.8, 4) is 0 Å². The molecule has 0 amide bonds. The molecule has 3 N–H and O–H groups in total. The Morgan fingerprint density at radius 3 is 1.03 bits per heavy atom. The summed E-state index contributed by atoms with van der Waals surface area (Å²) >= 11 is 16.5. The van der Waals surface area contributed by atoms with Gasteiger partial charge in [0.05, 0.1) is 20.6 Å². The number of hydrogen-bond donors (Lipinski definition) is 3. The van der Waals surface area contributed by atoms with E-state index in [1.165, 1.54) is 24.3 Å².